The fraction of sp³-hybridized carbons (Fsp3) is 0.400. The molecular formula is C20H25N. The quantitative estimate of drug-likeness (QED) is 0.813. The highest BCUT2D eigenvalue weighted by atomic mass is 14.9. The molecule has 1 aliphatic rings. The van der Waals surface area contributed by atoms with Gasteiger partial charge < -0.3 is 5.32 Å². The van der Waals surface area contributed by atoms with E-state index in [-0.39, 0.29) is 0 Å². The summed E-state index contributed by atoms with van der Waals surface area (Å²) >= 11 is 0. The molecule has 110 valence electrons. The summed E-state index contributed by atoms with van der Waals surface area (Å²) in [4.78, 5) is 0. The van der Waals surface area contributed by atoms with Gasteiger partial charge in [0.15, 0.2) is 0 Å². The van der Waals surface area contributed by atoms with Crippen LogP contribution in [0.4, 0.5) is 0 Å². The van der Waals surface area contributed by atoms with Crippen molar-refractivity contribution in [3.05, 3.63) is 71.3 Å². The summed E-state index contributed by atoms with van der Waals surface area (Å²) in [6.45, 7) is 2.24. The van der Waals surface area contributed by atoms with Crippen LogP contribution in [0.1, 0.15) is 48.9 Å². The topological polar surface area (TPSA) is 12.0 Å². The van der Waals surface area contributed by atoms with Crippen LogP contribution in [0, 0.1) is 0 Å². The SMILES string of the molecule is CCCc1ccc(C(NC)C2(c3ccccc3)CC2)cc1. The molecule has 0 spiro atoms. The van der Waals surface area contributed by atoms with Crippen LogP contribution >= 0.6 is 0 Å². The van der Waals surface area contributed by atoms with Gasteiger partial charge in [-0.15, -0.1) is 0 Å². The summed E-state index contributed by atoms with van der Waals surface area (Å²) in [5, 5.41) is 3.57. The first-order chi connectivity index (χ1) is 10.3. The zero-order valence-electron chi connectivity index (χ0n) is 13.1. The first-order valence-electron chi connectivity index (χ1n) is 8.12. The van der Waals surface area contributed by atoms with Gasteiger partial charge in [-0.05, 0) is 43.0 Å². The molecule has 2 aromatic rings. The molecular weight excluding hydrogens is 254 g/mol. The van der Waals surface area contributed by atoms with E-state index in [2.05, 4.69) is 73.9 Å². The third-order valence-electron chi connectivity index (χ3n) is 4.83. The van der Waals surface area contributed by atoms with E-state index in [4.69, 9.17) is 0 Å². The number of rotatable bonds is 6. The van der Waals surface area contributed by atoms with E-state index in [1.165, 1.54) is 42.4 Å². The predicted octanol–water partition coefficient (Wildman–Crippen LogP) is 4.63. The van der Waals surface area contributed by atoms with E-state index < -0.39 is 0 Å². The number of benzene rings is 2. The van der Waals surface area contributed by atoms with Gasteiger partial charge in [-0.3, -0.25) is 0 Å². The Kier molecular flexibility index (Phi) is 4.12. The largest absolute Gasteiger partial charge is 0.312 e. The maximum Gasteiger partial charge on any atom is 0.0415 e. The van der Waals surface area contributed by atoms with E-state index in [9.17, 15) is 0 Å². The Morgan fingerprint density at radius 3 is 2.19 bits per heavy atom. The fourth-order valence-electron chi connectivity index (χ4n) is 3.58. The van der Waals surface area contributed by atoms with Crippen LogP contribution in [0.5, 0.6) is 0 Å². The molecule has 0 bridgehead atoms. The molecule has 3 rings (SSSR count). The lowest BCUT2D eigenvalue weighted by Gasteiger charge is -2.28. The van der Waals surface area contributed by atoms with Crippen LogP contribution in [0.3, 0.4) is 0 Å². The molecule has 1 heteroatoms. The highest BCUT2D eigenvalue weighted by Crippen LogP contribution is 2.56. The van der Waals surface area contributed by atoms with Gasteiger partial charge in [-0.2, -0.15) is 0 Å². The van der Waals surface area contributed by atoms with Gasteiger partial charge in [0.05, 0.1) is 0 Å². The summed E-state index contributed by atoms with van der Waals surface area (Å²) in [7, 11) is 2.09. The van der Waals surface area contributed by atoms with E-state index in [0.29, 0.717) is 11.5 Å². The molecule has 0 radical (unpaired) electrons. The van der Waals surface area contributed by atoms with Gasteiger partial charge in [-0.1, -0.05) is 67.9 Å². The molecule has 1 nitrogen and oxygen atoms in total. The Balaban J connectivity index is 1.88. The second-order valence-corrected chi connectivity index (χ2v) is 6.24. The number of hydrogen-bond acceptors (Lipinski definition) is 1. The van der Waals surface area contributed by atoms with Crippen molar-refractivity contribution in [2.45, 2.75) is 44.1 Å². The first kappa shape index (κ1) is 14.3. The molecule has 0 heterocycles. The van der Waals surface area contributed by atoms with Crippen molar-refractivity contribution in [2.75, 3.05) is 7.05 Å². The van der Waals surface area contributed by atoms with Crippen LogP contribution in [0.2, 0.25) is 0 Å². The molecule has 21 heavy (non-hydrogen) atoms. The molecule has 1 fully saturated rings. The second kappa shape index (κ2) is 6.03. The van der Waals surface area contributed by atoms with Gasteiger partial charge in [0.25, 0.3) is 0 Å². The first-order valence-corrected chi connectivity index (χ1v) is 8.12. The zero-order chi connectivity index (χ0) is 14.7. The van der Waals surface area contributed by atoms with E-state index in [1.54, 1.807) is 0 Å². The Morgan fingerprint density at radius 2 is 1.67 bits per heavy atom. The predicted molar refractivity (Wildman–Crippen MR) is 89.6 cm³/mol. The molecule has 1 aliphatic carbocycles. The van der Waals surface area contributed by atoms with Crippen LogP contribution in [-0.2, 0) is 11.8 Å². The van der Waals surface area contributed by atoms with Crippen molar-refractivity contribution in [3.8, 4) is 0 Å². The summed E-state index contributed by atoms with van der Waals surface area (Å²) < 4.78 is 0. The lowest BCUT2D eigenvalue weighted by Crippen LogP contribution is -2.29. The standard InChI is InChI=1S/C20H25N/c1-3-7-16-10-12-17(13-11-16)19(21-2)20(14-15-20)18-8-5-4-6-9-18/h4-6,8-13,19,21H,3,7,14-15H2,1-2H3. The molecule has 0 aromatic heterocycles. The minimum Gasteiger partial charge on any atom is -0.312 e. The molecule has 1 saturated carbocycles. The number of aryl methyl sites for hydroxylation is 1. The molecule has 0 saturated heterocycles. The Morgan fingerprint density at radius 1 is 1.00 bits per heavy atom. The van der Waals surface area contributed by atoms with Crippen LogP contribution in [0.15, 0.2) is 54.6 Å². The highest BCUT2D eigenvalue weighted by molar-refractivity contribution is 5.39. The minimum atomic E-state index is 0.294. The molecule has 0 amide bonds. The maximum atomic E-state index is 3.57. The summed E-state index contributed by atoms with van der Waals surface area (Å²) in [5.41, 5.74) is 4.63. The minimum absolute atomic E-state index is 0.294. The van der Waals surface area contributed by atoms with Gasteiger partial charge in [-0.25, -0.2) is 0 Å². The highest BCUT2D eigenvalue weighted by Gasteiger charge is 2.50. The van der Waals surface area contributed by atoms with Crippen molar-refractivity contribution in [3.63, 3.8) is 0 Å². The van der Waals surface area contributed by atoms with Gasteiger partial charge in [0.1, 0.15) is 0 Å². The number of nitrogens with one attached hydrogen (secondary N) is 1. The Bertz CT molecular complexity index is 567. The van der Waals surface area contributed by atoms with Crippen molar-refractivity contribution in [1.82, 2.24) is 5.32 Å². The Labute approximate surface area is 128 Å². The summed E-state index contributed by atoms with van der Waals surface area (Å²) in [6.07, 6.45) is 4.94. The lowest BCUT2D eigenvalue weighted by molar-refractivity contribution is 0.463. The van der Waals surface area contributed by atoms with Crippen LogP contribution in [-0.4, -0.2) is 7.05 Å². The second-order valence-electron chi connectivity index (χ2n) is 6.24. The van der Waals surface area contributed by atoms with Crippen molar-refractivity contribution < 1.29 is 0 Å². The normalized spacial score (nSPS) is 17.4. The summed E-state index contributed by atoms with van der Waals surface area (Å²) in [5.74, 6) is 0. The van der Waals surface area contributed by atoms with Gasteiger partial charge in [0, 0.05) is 11.5 Å². The van der Waals surface area contributed by atoms with Crippen molar-refractivity contribution in [1.29, 1.82) is 0 Å². The average Bonchev–Trinajstić information content (AvgIpc) is 3.33. The summed E-state index contributed by atoms with van der Waals surface area (Å²) in [6, 6.07) is 20.6. The fourth-order valence-corrected chi connectivity index (χ4v) is 3.58. The van der Waals surface area contributed by atoms with Gasteiger partial charge >= 0.3 is 0 Å². The van der Waals surface area contributed by atoms with Crippen LogP contribution in [0.25, 0.3) is 0 Å². The number of hydrogen-bond donors (Lipinski definition) is 1. The molecule has 1 N–H and O–H groups in total. The maximum absolute atomic E-state index is 3.57. The molecule has 1 unspecified atom stereocenters. The lowest BCUT2D eigenvalue weighted by atomic mass is 9.83. The number of likely N-dealkylation sites (N-methyl/N-ethyl adjacent to an activating group) is 1. The molecule has 1 atom stereocenters. The van der Waals surface area contributed by atoms with E-state index >= 15 is 0 Å². The smallest absolute Gasteiger partial charge is 0.0415 e. The Hall–Kier alpha value is -1.60. The van der Waals surface area contributed by atoms with E-state index in [1.807, 2.05) is 0 Å². The van der Waals surface area contributed by atoms with Crippen molar-refractivity contribution >= 4 is 0 Å². The third kappa shape index (κ3) is 2.75. The molecule has 2 aromatic carbocycles. The molecule has 0 aliphatic heterocycles. The zero-order valence-corrected chi connectivity index (χ0v) is 13.1. The average molecular weight is 279 g/mol. The van der Waals surface area contributed by atoms with E-state index in [0.717, 1.165) is 0 Å². The van der Waals surface area contributed by atoms with Gasteiger partial charge in [0.2, 0.25) is 0 Å². The van der Waals surface area contributed by atoms with Crippen molar-refractivity contribution in [2.24, 2.45) is 0 Å². The third-order valence-corrected chi connectivity index (χ3v) is 4.83. The van der Waals surface area contributed by atoms with Crippen LogP contribution < -0.4 is 5.32 Å². The monoisotopic (exact) mass is 279 g/mol.